The Bertz CT molecular complexity index is 1170. The maximum Gasteiger partial charge on any atom is 0.252 e. The zero-order valence-electron chi connectivity index (χ0n) is 19.4. The van der Waals surface area contributed by atoms with Crippen molar-refractivity contribution in [1.82, 2.24) is 0 Å². The summed E-state index contributed by atoms with van der Waals surface area (Å²) in [5, 5.41) is 0. The number of aliphatic imine (C=N–C) groups is 1. The molecule has 1 aliphatic rings. The molecule has 0 bridgehead atoms. The first-order valence-corrected chi connectivity index (χ1v) is 10.9. The molecule has 4 rings (SSSR count). The Morgan fingerprint density at radius 2 is 1.48 bits per heavy atom. The summed E-state index contributed by atoms with van der Waals surface area (Å²) in [6, 6.07) is 20.8. The van der Waals surface area contributed by atoms with Crippen molar-refractivity contribution in [2.45, 2.75) is 19.4 Å². The van der Waals surface area contributed by atoms with Gasteiger partial charge < -0.3 is 19.1 Å². The molecule has 1 unspecified atom stereocenters. The Morgan fingerprint density at radius 1 is 0.848 bits per heavy atom. The molecule has 0 radical (unpaired) electrons. The molecule has 1 heterocycles. The van der Waals surface area contributed by atoms with Gasteiger partial charge in [0.1, 0.15) is 11.8 Å². The molecule has 33 heavy (non-hydrogen) atoms. The van der Waals surface area contributed by atoms with Crippen LogP contribution in [-0.4, -0.2) is 45.5 Å². The van der Waals surface area contributed by atoms with Gasteiger partial charge in [-0.1, -0.05) is 48.5 Å². The molecule has 0 saturated carbocycles. The number of para-hydroxylation sites is 1. The molecular weight excluding hydrogens is 416 g/mol. The number of methoxy groups -OCH3 is 3. The highest BCUT2D eigenvalue weighted by atomic mass is 16.5. The topological polar surface area (TPSA) is 60.4 Å². The Kier molecular flexibility index (Phi) is 6.63. The second kappa shape index (κ2) is 9.77. The SMILES string of the molecule is CCN1C(=O)C(Cc2ccccc2OC)N=C(c2ccccc2)c2cc(OC)c(OC)cc21. The summed E-state index contributed by atoms with van der Waals surface area (Å²) >= 11 is 0. The van der Waals surface area contributed by atoms with E-state index in [4.69, 9.17) is 19.2 Å². The monoisotopic (exact) mass is 444 g/mol. The molecule has 0 aliphatic carbocycles. The molecule has 0 fully saturated rings. The highest BCUT2D eigenvalue weighted by Gasteiger charge is 2.33. The Hall–Kier alpha value is -3.80. The third-order valence-corrected chi connectivity index (χ3v) is 5.85. The first-order chi connectivity index (χ1) is 16.1. The lowest BCUT2D eigenvalue weighted by molar-refractivity contribution is -0.119. The van der Waals surface area contributed by atoms with Gasteiger partial charge in [-0.25, -0.2) is 0 Å². The number of rotatable bonds is 7. The number of fused-ring (bicyclic) bond motifs is 1. The first-order valence-electron chi connectivity index (χ1n) is 10.9. The average molecular weight is 445 g/mol. The van der Waals surface area contributed by atoms with E-state index in [-0.39, 0.29) is 5.91 Å². The molecule has 1 amide bonds. The van der Waals surface area contributed by atoms with Gasteiger partial charge >= 0.3 is 0 Å². The van der Waals surface area contributed by atoms with Crippen molar-refractivity contribution in [1.29, 1.82) is 0 Å². The van der Waals surface area contributed by atoms with Crippen LogP contribution in [0.2, 0.25) is 0 Å². The molecule has 0 aromatic heterocycles. The summed E-state index contributed by atoms with van der Waals surface area (Å²) in [5.41, 5.74) is 4.20. The quantitative estimate of drug-likeness (QED) is 0.537. The minimum Gasteiger partial charge on any atom is -0.496 e. The summed E-state index contributed by atoms with van der Waals surface area (Å²) in [6.07, 6.45) is 0.429. The number of anilines is 1. The minimum atomic E-state index is -0.610. The number of carbonyl (C=O) groups is 1. The predicted octanol–water partition coefficient (Wildman–Crippen LogP) is 4.53. The van der Waals surface area contributed by atoms with Crippen molar-refractivity contribution in [3.05, 3.63) is 83.4 Å². The number of likely N-dealkylation sites (N-methyl/N-ethyl adjacent to an activating group) is 1. The average Bonchev–Trinajstić information content (AvgIpc) is 2.97. The van der Waals surface area contributed by atoms with Crippen LogP contribution in [-0.2, 0) is 11.2 Å². The van der Waals surface area contributed by atoms with E-state index in [1.54, 1.807) is 26.2 Å². The van der Waals surface area contributed by atoms with Crippen LogP contribution in [0.25, 0.3) is 0 Å². The van der Waals surface area contributed by atoms with Gasteiger partial charge in [0.2, 0.25) is 0 Å². The number of hydrogen-bond donors (Lipinski definition) is 0. The van der Waals surface area contributed by atoms with E-state index < -0.39 is 6.04 Å². The maximum atomic E-state index is 13.8. The molecule has 1 aliphatic heterocycles. The van der Waals surface area contributed by atoms with Crippen molar-refractivity contribution in [3.63, 3.8) is 0 Å². The van der Waals surface area contributed by atoms with E-state index in [1.165, 1.54) is 0 Å². The fourth-order valence-electron chi connectivity index (χ4n) is 4.23. The number of amides is 1. The van der Waals surface area contributed by atoms with Crippen LogP contribution in [0.15, 0.2) is 71.7 Å². The van der Waals surface area contributed by atoms with Crippen LogP contribution in [0.3, 0.4) is 0 Å². The van der Waals surface area contributed by atoms with Crippen LogP contribution in [0.4, 0.5) is 5.69 Å². The van der Waals surface area contributed by atoms with E-state index in [2.05, 4.69) is 0 Å². The smallest absolute Gasteiger partial charge is 0.252 e. The summed E-state index contributed by atoms with van der Waals surface area (Å²) in [4.78, 5) is 20.6. The molecule has 6 nitrogen and oxygen atoms in total. The van der Waals surface area contributed by atoms with Crippen molar-refractivity contribution in [3.8, 4) is 17.2 Å². The van der Waals surface area contributed by atoms with Crippen LogP contribution < -0.4 is 19.1 Å². The Balaban J connectivity index is 1.93. The van der Waals surface area contributed by atoms with Crippen molar-refractivity contribution >= 4 is 17.3 Å². The number of carbonyl (C=O) groups excluding carboxylic acids is 1. The fourth-order valence-corrected chi connectivity index (χ4v) is 4.23. The van der Waals surface area contributed by atoms with Crippen LogP contribution in [0.1, 0.15) is 23.6 Å². The molecule has 170 valence electrons. The molecule has 6 heteroatoms. The highest BCUT2D eigenvalue weighted by Crippen LogP contribution is 2.38. The van der Waals surface area contributed by atoms with Gasteiger partial charge in [-0.2, -0.15) is 0 Å². The van der Waals surface area contributed by atoms with Crippen LogP contribution in [0, 0.1) is 0 Å². The third-order valence-electron chi connectivity index (χ3n) is 5.85. The van der Waals surface area contributed by atoms with Gasteiger partial charge in [-0.3, -0.25) is 9.79 Å². The molecule has 0 spiro atoms. The summed E-state index contributed by atoms with van der Waals surface area (Å²) in [6.45, 7) is 2.47. The minimum absolute atomic E-state index is 0.0668. The molecule has 0 N–H and O–H groups in total. The number of benzene rings is 3. The van der Waals surface area contributed by atoms with Crippen molar-refractivity contribution in [2.24, 2.45) is 4.99 Å². The van der Waals surface area contributed by atoms with Gasteiger partial charge in [0, 0.05) is 30.2 Å². The summed E-state index contributed by atoms with van der Waals surface area (Å²) in [7, 11) is 4.84. The predicted molar refractivity (Wildman–Crippen MR) is 130 cm³/mol. The normalized spacial score (nSPS) is 15.4. The number of benzodiazepines with no additional fused rings is 1. The van der Waals surface area contributed by atoms with E-state index in [9.17, 15) is 4.79 Å². The second-order valence-corrected chi connectivity index (χ2v) is 7.68. The molecule has 3 aromatic carbocycles. The molecule has 3 aromatic rings. The van der Waals surface area contributed by atoms with E-state index in [0.717, 1.165) is 33.8 Å². The Labute approximate surface area is 194 Å². The fraction of sp³-hybridized carbons (Fsp3) is 0.259. The number of nitrogens with zero attached hydrogens (tertiary/aromatic N) is 2. The highest BCUT2D eigenvalue weighted by molar-refractivity contribution is 6.20. The van der Waals surface area contributed by atoms with Gasteiger partial charge in [-0.05, 0) is 24.6 Å². The van der Waals surface area contributed by atoms with Crippen molar-refractivity contribution < 1.29 is 19.0 Å². The zero-order valence-corrected chi connectivity index (χ0v) is 19.4. The molecule has 1 atom stereocenters. The van der Waals surface area contributed by atoms with E-state index in [0.29, 0.717) is 24.5 Å². The number of hydrogen-bond acceptors (Lipinski definition) is 5. The third kappa shape index (κ3) is 4.29. The lowest BCUT2D eigenvalue weighted by atomic mass is 9.99. The first kappa shape index (κ1) is 22.4. The largest absolute Gasteiger partial charge is 0.496 e. The zero-order chi connectivity index (χ0) is 23.4. The standard InChI is InChI=1S/C27H28N2O4/c1-5-29-22-17-25(33-4)24(32-3)16-20(22)26(18-11-7-6-8-12-18)28-21(27(29)30)15-19-13-9-10-14-23(19)31-2/h6-14,16-17,21H,5,15H2,1-4H3. The summed E-state index contributed by atoms with van der Waals surface area (Å²) in [5.74, 6) is 1.84. The molecular formula is C27H28N2O4. The van der Waals surface area contributed by atoms with Gasteiger partial charge in [0.15, 0.2) is 11.5 Å². The van der Waals surface area contributed by atoms with Crippen LogP contribution in [0.5, 0.6) is 17.2 Å². The molecule has 0 saturated heterocycles. The van der Waals surface area contributed by atoms with Gasteiger partial charge in [0.05, 0.1) is 32.7 Å². The van der Waals surface area contributed by atoms with Gasteiger partial charge in [0.25, 0.3) is 5.91 Å². The van der Waals surface area contributed by atoms with E-state index >= 15 is 0 Å². The van der Waals surface area contributed by atoms with Crippen molar-refractivity contribution in [2.75, 3.05) is 32.8 Å². The lowest BCUT2D eigenvalue weighted by Gasteiger charge is -2.25. The Morgan fingerprint density at radius 3 is 2.15 bits per heavy atom. The lowest BCUT2D eigenvalue weighted by Crippen LogP contribution is -2.38. The van der Waals surface area contributed by atoms with Gasteiger partial charge in [-0.15, -0.1) is 0 Å². The van der Waals surface area contributed by atoms with E-state index in [1.807, 2.05) is 73.7 Å². The maximum absolute atomic E-state index is 13.8. The second-order valence-electron chi connectivity index (χ2n) is 7.68. The summed E-state index contributed by atoms with van der Waals surface area (Å²) < 4.78 is 16.7. The van der Waals surface area contributed by atoms with Crippen LogP contribution >= 0.6 is 0 Å². The number of ether oxygens (including phenoxy) is 3.